The topological polar surface area (TPSA) is 206 Å². The summed E-state index contributed by atoms with van der Waals surface area (Å²) < 4.78 is 0. The van der Waals surface area contributed by atoms with Gasteiger partial charge in [0, 0.05) is 50.4 Å². The summed E-state index contributed by atoms with van der Waals surface area (Å²) >= 11 is 0. The van der Waals surface area contributed by atoms with Gasteiger partial charge in [-0.3, -0.25) is 20.4 Å². The van der Waals surface area contributed by atoms with Crippen molar-refractivity contribution in [1.82, 2.24) is 21.4 Å². The summed E-state index contributed by atoms with van der Waals surface area (Å²) in [5.41, 5.74) is 15.4. The molecule has 0 radical (unpaired) electrons. The predicted octanol–water partition coefficient (Wildman–Crippen LogP) is 10.3. The van der Waals surface area contributed by atoms with Crippen LogP contribution in [0.4, 0.5) is 5.69 Å². The van der Waals surface area contributed by atoms with E-state index in [4.69, 9.17) is 15.3 Å². The SMILES string of the molecule is O=C(NNc1ccccc1)c1ccc(CNCc2ccccc2)cc1.O=C(O)c1ccc(CNCc2ccccc2)cc1.O=C(O)c1ccc(CNCc2ccccc2)cc1.O=Cc1ccc(C(=O)O)cc1. The van der Waals surface area contributed by atoms with E-state index in [1.165, 1.54) is 41.0 Å². The minimum absolute atomic E-state index is 0.160. The van der Waals surface area contributed by atoms with E-state index >= 15 is 0 Å². The second-order valence-electron chi connectivity index (χ2n) is 16.0. The van der Waals surface area contributed by atoms with E-state index in [2.05, 4.69) is 63.2 Å². The predicted molar refractivity (Wildman–Crippen MR) is 281 cm³/mol. The van der Waals surface area contributed by atoms with E-state index in [1.807, 2.05) is 133 Å². The molecular weight excluding hydrogens is 907 g/mol. The molecule has 0 aliphatic heterocycles. The number of nitrogens with one attached hydrogen (secondary N) is 5. The van der Waals surface area contributed by atoms with Crippen molar-refractivity contribution in [1.29, 1.82) is 0 Å². The number of hydrogen-bond donors (Lipinski definition) is 8. The van der Waals surface area contributed by atoms with Gasteiger partial charge in [-0.15, -0.1) is 0 Å². The Labute approximate surface area is 419 Å². The van der Waals surface area contributed by atoms with Gasteiger partial charge >= 0.3 is 17.9 Å². The number of rotatable bonds is 19. The summed E-state index contributed by atoms with van der Waals surface area (Å²) in [6.07, 6.45) is 0.672. The number of amides is 1. The highest BCUT2D eigenvalue weighted by atomic mass is 16.4. The Kier molecular flexibility index (Phi) is 22.8. The zero-order chi connectivity index (χ0) is 51.2. The van der Waals surface area contributed by atoms with Crippen molar-refractivity contribution in [2.45, 2.75) is 39.3 Å². The Balaban J connectivity index is 0.000000185. The number of para-hydroxylation sites is 1. The number of benzene rings is 8. The van der Waals surface area contributed by atoms with Gasteiger partial charge in [-0.05, 0) is 94.0 Å². The number of carboxylic acid groups (broad SMARTS) is 3. The molecule has 72 heavy (non-hydrogen) atoms. The van der Waals surface area contributed by atoms with Crippen molar-refractivity contribution in [3.63, 3.8) is 0 Å². The third-order valence-corrected chi connectivity index (χ3v) is 10.5. The van der Waals surface area contributed by atoms with Gasteiger partial charge in [0.15, 0.2) is 0 Å². The monoisotopic (exact) mass is 963 g/mol. The summed E-state index contributed by atoms with van der Waals surface area (Å²) in [7, 11) is 0. The minimum atomic E-state index is -0.984. The molecule has 8 aromatic rings. The first-order chi connectivity index (χ1) is 35.1. The van der Waals surface area contributed by atoms with Crippen LogP contribution in [0.5, 0.6) is 0 Å². The van der Waals surface area contributed by atoms with E-state index in [-0.39, 0.29) is 11.5 Å². The number of aldehydes is 1. The quantitative estimate of drug-likeness (QED) is 0.0282. The van der Waals surface area contributed by atoms with Crippen LogP contribution in [-0.4, -0.2) is 45.4 Å². The molecule has 8 N–H and O–H groups in total. The largest absolute Gasteiger partial charge is 0.478 e. The summed E-state index contributed by atoms with van der Waals surface area (Å²) in [6, 6.07) is 67.3. The van der Waals surface area contributed by atoms with Gasteiger partial charge < -0.3 is 31.3 Å². The molecule has 0 aromatic heterocycles. The lowest BCUT2D eigenvalue weighted by atomic mass is 10.1. The van der Waals surface area contributed by atoms with E-state index in [0.29, 0.717) is 28.5 Å². The Hall–Kier alpha value is -9.01. The molecule has 0 saturated carbocycles. The highest BCUT2D eigenvalue weighted by Gasteiger charge is 2.06. The summed E-state index contributed by atoms with van der Waals surface area (Å²) in [5, 5.41) is 36.1. The van der Waals surface area contributed by atoms with Crippen LogP contribution in [0, 0.1) is 0 Å². The number of carbonyl (C=O) groups is 5. The fourth-order valence-electron chi connectivity index (χ4n) is 6.57. The zero-order valence-electron chi connectivity index (χ0n) is 39.5. The molecule has 8 rings (SSSR count). The summed E-state index contributed by atoms with van der Waals surface area (Å²) in [6.45, 7) is 4.66. The number of carboxylic acids is 3. The molecule has 13 nitrogen and oxygen atoms in total. The van der Waals surface area contributed by atoms with Crippen LogP contribution < -0.4 is 26.8 Å². The second-order valence-corrected chi connectivity index (χ2v) is 16.0. The lowest BCUT2D eigenvalue weighted by Gasteiger charge is -2.09. The van der Waals surface area contributed by atoms with E-state index in [9.17, 15) is 24.0 Å². The van der Waals surface area contributed by atoms with Gasteiger partial charge in [-0.25, -0.2) is 14.4 Å². The number of anilines is 1. The van der Waals surface area contributed by atoms with Crippen molar-refractivity contribution in [3.05, 3.63) is 280 Å². The van der Waals surface area contributed by atoms with E-state index in [1.54, 1.807) is 24.3 Å². The molecule has 8 aromatic carbocycles. The van der Waals surface area contributed by atoms with Crippen LogP contribution in [0.1, 0.15) is 85.2 Å². The fourth-order valence-corrected chi connectivity index (χ4v) is 6.57. The van der Waals surface area contributed by atoms with Crippen LogP contribution in [0.3, 0.4) is 0 Å². The van der Waals surface area contributed by atoms with Gasteiger partial charge in [0.25, 0.3) is 5.91 Å². The van der Waals surface area contributed by atoms with Crippen LogP contribution in [0.2, 0.25) is 0 Å². The highest BCUT2D eigenvalue weighted by Crippen LogP contribution is 2.10. The molecule has 0 bridgehead atoms. The Morgan fingerprint density at radius 3 is 0.889 bits per heavy atom. The molecule has 366 valence electrons. The van der Waals surface area contributed by atoms with E-state index in [0.717, 1.165) is 61.6 Å². The third kappa shape index (κ3) is 20.3. The number of carbonyl (C=O) groups excluding carboxylic acids is 2. The van der Waals surface area contributed by atoms with Gasteiger partial charge in [0.05, 0.1) is 22.4 Å². The lowest BCUT2D eigenvalue weighted by Crippen LogP contribution is -2.29. The maximum atomic E-state index is 12.1. The Morgan fingerprint density at radius 2 is 0.597 bits per heavy atom. The first-order valence-corrected chi connectivity index (χ1v) is 22.9. The first kappa shape index (κ1) is 53.9. The third-order valence-electron chi connectivity index (χ3n) is 10.5. The molecule has 0 aliphatic carbocycles. The smallest absolute Gasteiger partial charge is 0.335 e. The standard InChI is InChI=1S/C21H21N3O.2C15H15NO2.C8H6O3/c25-21(24-23-20-9-5-2-6-10-20)19-13-11-18(12-14-19)16-22-15-17-7-3-1-4-8-17;2*17-15(18)14-8-6-13(7-9-14)11-16-10-12-4-2-1-3-5-12;9-5-6-1-3-7(4-2-6)8(10)11/h1-14,22-23H,15-16H2,(H,24,25);2*1-9,16H,10-11H2,(H,17,18);1-5H,(H,10,11). The molecule has 0 saturated heterocycles. The number of hydrazine groups is 1. The van der Waals surface area contributed by atoms with Gasteiger partial charge in [0.2, 0.25) is 0 Å². The molecule has 0 aliphatic rings. The average molecular weight is 964 g/mol. The molecule has 1 amide bonds. The molecule has 13 heteroatoms. The molecule has 0 heterocycles. The van der Waals surface area contributed by atoms with Gasteiger partial charge in [-0.2, -0.15) is 0 Å². The number of hydrogen-bond acceptors (Lipinski definition) is 9. The van der Waals surface area contributed by atoms with Crippen molar-refractivity contribution in [2.75, 3.05) is 5.43 Å². The van der Waals surface area contributed by atoms with Gasteiger partial charge in [-0.1, -0.05) is 158 Å². The van der Waals surface area contributed by atoms with Crippen molar-refractivity contribution in [3.8, 4) is 0 Å². The van der Waals surface area contributed by atoms with Crippen molar-refractivity contribution in [2.24, 2.45) is 0 Å². The maximum Gasteiger partial charge on any atom is 0.335 e. The minimum Gasteiger partial charge on any atom is -0.478 e. The van der Waals surface area contributed by atoms with Crippen molar-refractivity contribution >= 4 is 35.8 Å². The normalized spacial score (nSPS) is 10.1. The fraction of sp³-hybridized carbons (Fsp3) is 0.102. The molecule has 0 unspecified atom stereocenters. The molecular formula is C59H57N5O8. The maximum absolute atomic E-state index is 12.1. The van der Waals surface area contributed by atoms with Crippen LogP contribution in [0.25, 0.3) is 0 Å². The van der Waals surface area contributed by atoms with E-state index < -0.39 is 17.9 Å². The Bertz CT molecular complexity index is 2750. The lowest BCUT2D eigenvalue weighted by molar-refractivity contribution is 0.0686. The molecule has 0 fully saturated rings. The zero-order valence-corrected chi connectivity index (χ0v) is 39.5. The average Bonchev–Trinajstić information content (AvgIpc) is 3.42. The summed E-state index contributed by atoms with van der Waals surface area (Å²) in [4.78, 5) is 54.0. The Morgan fingerprint density at radius 1 is 0.333 bits per heavy atom. The van der Waals surface area contributed by atoms with Crippen LogP contribution in [-0.2, 0) is 39.3 Å². The van der Waals surface area contributed by atoms with Crippen LogP contribution in [0.15, 0.2) is 218 Å². The van der Waals surface area contributed by atoms with Gasteiger partial charge in [0.1, 0.15) is 6.29 Å². The second kappa shape index (κ2) is 30.5. The molecule has 0 spiro atoms. The van der Waals surface area contributed by atoms with Crippen LogP contribution >= 0.6 is 0 Å². The number of aromatic carboxylic acids is 3. The first-order valence-electron chi connectivity index (χ1n) is 22.9. The summed E-state index contributed by atoms with van der Waals surface area (Å²) in [5.74, 6) is -2.92. The highest BCUT2D eigenvalue weighted by molar-refractivity contribution is 5.95. The van der Waals surface area contributed by atoms with Crippen molar-refractivity contribution < 1.29 is 39.3 Å². The molecule has 0 atom stereocenters.